The third-order valence-electron chi connectivity index (χ3n) is 5.77. The maximum absolute atomic E-state index is 2.29. The third kappa shape index (κ3) is 3.21. The van der Waals surface area contributed by atoms with Crippen LogP contribution in [-0.2, 0) is 6.42 Å². The Morgan fingerprint density at radius 2 is 1.34 bits per heavy atom. The molecule has 140 valence electrons. The van der Waals surface area contributed by atoms with E-state index in [-0.39, 0.29) is 0 Å². The van der Waals surface area contributed by atoms with Crippen LogP contribution >= 0.6 is 0 Å². The fourth-order valence-corrected chi connectivity index (χ4v) is 4.49. The minimum absolute atomic E-state index is 1.08. The molecule has 0 N–H and O–H groups in total. The maximum atomic E-state index is 2.29. The highest BCUT2D eigenvalue weighted by molar-refractivity contribution is 6.10. The van der Waals surface area contributed by atoms with Gasteiger partial charge in [0, 0.05) is 0 Å². The highest BCUT2D eigenvalue weighted by atomic mass is 14.1. The fourth-order valence-electron chi connectivity index (χ4n) is 4.49. The van der Waals surface area contributed by atoms with Gasteiger partial charge in [0.1, 0.15) is 0 Å². The van der Waals surface area contributed by atoms with Gasteiger partial charge in [-0.05, 0) is 61.5 Å². The summed E-state index contributed by atoms with van der Waals surface area (Å²) in [6.07, 6.45) is 8.90. The van der Waals surface area contributed by atoms with Gasteiger partial charge in [-0.3, -0.25) is 0 Å². The lowest BCUT2D eigenvalue weighted by Gasteiger charge is -2.11. The molecular formula is C29H24. The zero-order valence-electron chi connectivity index (χ0n) is 16.7. The number of rotatable bonds is 1. The molecule has 29 heavy (non-hydrogen) atoms. The number of benzene rings is 5. The Bertz CT molecular complexity index is 1370. The monoisotopic (exact) mass is 372 g/mol. The zero-order chi connectivity index (χ0) is 19.6. The number of hydrogen-bond donors (Lipinski definition) is 0. The van der Waals surface area contributed by atoms with Crippen molar-refractivity contribution in [1.29, 1.82) is 0 Å². The van der Waals surface area contributed by atoms with E-state index in [2.05, 4.69) is 110 Å². The summed E-state index contributed by atoms with van der Waals surface area (Å²) in [5.74, 6) is 0. The van der Waals surface area contributed by atoms with Crippen LogP contribution in [0.15, 0.2) is 91.0 Å². The van der Waals surface area contributed by atoms with Crippen molar-refractivity contribution in [3.8, 4) is 0 Å². The van der Waals surface area contributed by atoms with Crippen LogP contribution in [0.5, 0.6) is 0 Å². The lowest BCUT2D eigenvalue weighted by molar-refractivity contribution is 1.29. The Balaban J connectivity index is 0.000000128. The van der Waals surface area contributed by atoms with Crippen molar-refractivity contribution in [2.24, 2.45) is 0 Å². The Hall–Kier alpha value is -3.38. The Morgan fingerprint density at radius 1 is 0.690 bits per heavy atom. The summed E-state index contributed by atoms with van der Waals surface area (Å²) in [6, 6.07) is 30.5. The second-order valence-electron chi connectivity index (χ2n) is 7.62. The van der Waals surface area contributed by atoms with Crippen molar-refractivity contribution < 1.29 is 0 Å². The van der Waals surface area contributed by atoms with Crippen molar-refractivity contribution in [3.63, 3.8) is 0 Å². The zero-order valence-corrected chi connectivity index (χ0v) is 16.7. The van der Waals surface area contributed by atoms with Crippen molar-refractivity contribution in [3.05, 3.63) is 107 Å². The van der Waals surface area contributed by atoms with Crippen molar-refractivity contribution in [2.45, 2.75) is 19.8 Å². The topological polar surface area (TPSA) is 0 Å². The summed E-state index contributed by atoms with van der Waals surface area (Å²) >= 11 is 0. The van der Waals surface area contributed by atoms with Crippen molar-refractivity contribution in [1.82, 2.24) is 0 Å². The van der Waals surface area contributed by atoms with E-state index in [9.17, 15) is 0 Å². The molecule has 0 atom stereocenters. The van der Waals surface area contributed by atoms with Gasteiger partial charge in [-0.25, -0.2) is 0 Å². The molecule has 5 aromatic rings. The molecule has 0 amide bonds. The van der Waals surface area contributed by atoms with E-state index in [0.717, 1.165) is 12.8 Å². The first-order chi connectivity index (χ1) is 14.3. The molecule has 0 spiro atoms. The molecule has 0 aliphatic heterocycles. The first kappa shape index (κ1) is 17.7. The molecule has 0 heteroatoms. The summed E-state index contributed by atoms with van der Waals surface area (Å²) in [4.78, 5) is 0. The summed E-state index contributed by atoms with van der Waals surface area (Å²) in [5.41, 5.74) is 2.81. The van der Waals surface area contributed by atoms with E-state index in [1.807, 2.05) is 0 Å². The largest absolute Gasteiger partial charge is 0.0795 e. The average molecular weight is 373 g/mol. The average Bonchev–Trinajstić information content (AvgIpc) is 2.77. The van der Waals surface area contributed by atoms with Gasteiger partial charge in [-0.15, -0.1) is 0 Å². The second kappa shape index (κ2) is 7.56. The van der Waals surface area contributed by atoms with Crippen LogP contribution in [-0.4, -0.2) is 0 Å². The van der Waals surface area contributed by atoms with Crippen molar-refractivity contribution >= 4 is 44.5 Å². The van der Waals surface area contributed by atoms with Gasteiger partial charge < -0.3 is 0 Å². The predicted molar refractivity (Wildman–Crippen MR) is 128 cm³/mol. The quantitative estimate of drug-likeness (QED) is 0.289. The third-order valence-corrected chi connectivity index (χ3v) is 5.77. The van der Waals surface area contributed by atoms with Crippen LogP contribution in [0.2, 0.25) is 0 Å². The van der Waals surface area contributed by atoms with Crippen LogP contribution in [0.3, 0.4) is 0 Å². The van der Waals surface area contributed by atoms with Gasteiger partial charge in [-0.1, -0.05) is 110 Å². The van der Waals surface area contributed by atoms with E-state index >= 15 is 0 Å². The van der Waals surface area contributed by atoms with Crippen LogP contribution < -0.4 is 5.22 Å². The Morgan fingerprint density at radius 3 is 2.14 bits per heavy atom. The summed E-state index contributed by atoms with van der Waals surface area (Å²) in [5, 5.41) is 9.59. The van der Waals surface area contributed by atoms with E-state index in [0.29, 0.717) is 0 Å². The molecule has 0 nitrogen and oxygen atoms in total. The fraction of sp³-hybridized carbons (Fsp3) is 0.103. The van der Waals surface area contributed by atoms with Crippen LogP contribution in [0.4, 0.5) is 0 Å². The van der Waals surface area contributed by atoms with Gasteiger partial charge in [0.25, 0.3) is 0 Å². The highest BCUT2D eigenvalue weighted by Gasteiger charge is 2.06. The molecule has 1 aliphatic rings. The SMILES string of the molecule is C1=Cc2cccc3cccc(c23)C1.CCC=c1ccc2cccc3cccc1c32. The van der Waals surface area contributed by atoms with Gasteiger partial charge in [0.05, 0.1) is 0 Å². The molecule has 0 aromatic heterocycles. The molecule has 0 bridgehead atoms. The Kier molecular flexibility index (Phi) is 4.62. The van der Waals surface area contributed by atoms with Gasteiger partial charge in [0.15, 0.2) is 0 Å². The first-order valence-electron chi connectivity index (χ1n) is 10.4. The van der Waals surface area contributed by atoms with E-state index in [1.54, 1.807) is 0 Å². The molecule has 0 heterocycles. The van der Waals surface area contributed by atoms with Crippen LogP contribution in [0, 0.1) is 0 Å². The number of allylic oxidation sites excluding steroid dienone is 1. The van der Waals surface area contributed by atoms with Gasteiger partial charge in [-0.2, -0.15) is 0 Å². The normalized spacial score (nSPS) is 13.1. The molecule has 5 aromatic carbocycles. The molecule has 0 unspecified atom stereocenters. The van der Waals surface area contributed by atoms with Gasteiger partial charge in [0.2, 0.25) is 0 Å². The van der Waals surface area contributed by atoms with Crippen LogP contribution in [0.1, 0.15) is 24.5 Å². The van der Waals surface area contributed by atoms with E-state index in [4.69, 9.17) is 0 Å². The molecule has 0 fully saturated rings. The minimum atomic E-state index is 1.08. The molecule has 6 rings (SSSR count). The van der Waals surface area contributed by atoms with E-state index < -0.39 is 0 Å². The Labute approximate surface area is 171 Å². The smallest absolute Gasteiger partial charge is 0.00330 e. The first-order valence-corrected chi connectivity index (χ1v) is 10.4. The lowest BCUT2D eigenvalue weighted by atomic mass is 9.93. The highest BCUT2D eigenvalue weighted by Crippen LogP contribution is 2.28. The standard InChI is InChI=1S/C16H14.C13H10/c1-2-5-12-10-11-14-7-3-6-13-8-4-9-15(12)16(13)14;1-4-10-6-2-8-12-9-3-7-11(5-1)13(10)12/h3-11H,2H2,1H3;1-8H,9H2. The molecule has 1 aliphatic carbocycles. The predicted octanol–water partition coefficient (Wildman–Crippen LogP) is 7.31. The summed E-state index contributed by atoms with van der Waals surface area (Å²) < 4.78 is 0. The maximum Gasteiger partial charge on any atom is -0.00330 e. The lowest BCUT2D eigenvalue weighted by Crippen LogP contribution is -2.01. The van der Waals surface area contributed by atoms with Crippen molar-refractivity contribution in [2.75, 3.05) is 0 Å². The van der Waals surface area contributed by atoms with E-state index in [1.165, 1.54) is 48.7 Å². The number of hydrogen-bond acceptors (Lipinski definition) is 0. The molecule has 0 saturated carbocycles. The molecular weight excluding hydrogens is 348 g/mol. The van der Waals surface area contributed by atoms with Crippen LogP contribution in [0.25, 0.3) is 44.5 Å². The summed E-state index contributed by atoms with van der Waals surface area (Å²) in [6.45, 7) is 2.18. The minimum Gasteiger partial charge on any atom is -0.0795 e. The van der Waals surface area contributed by atoms with Gasteiger partial charge >= 0.3 is 0 Å². The summed E-state index contributed by atoms with van der Waals surface area (Å²) in [7, 11) is 0. The second-order valence-corrected chi connectivity index (χ2v) is 7.62. The molecule has 0 saturated heterocycles. The molecule has 0 radical (unpaired) electrons.